The van der Waals surface area contributed by atoms with Crippen LogP contribution in [0.3, 0.4) is 0 Å². The van der Waals surface area contributed by atoms with E-state index in [1.807, 2.05) is 43.3 Å². The zero-order valence-electron chi connectivity index (χ0n) is 11.6. The average Bonchev–Trinajstić information content (AvgIpc) is 3.04. The van der Waals surface area contributed by atoms with Crippen LogP contribution in [0, 0.1) is 11.3 Å². The van der Waals surface area contributed by atoms with E-state index in [4.69, 9.17) is 5.26 Å². The van der Waals surface area contributed by atoms with Gasteiger partial charge in [0.1, 0.15) is 16.6 Å². The summed E-state index contributed by atoms with van der Waals surface area (Å²) in [6.07, 6.45) is 3.91. The Hall–Kier alpha value is -2.45. The maximum absolute atomic E-state index is 12.2. The molecule has 4 nitrogen and oxygen atoms in total. The van der Waals surface area contributed by atoms with Gasteiger partial charge < -0.3 is 5.32 Å². The highest BCUT2D eigenvalue weighted by atomic mass is 32.1. The van der Waals surface area contributed by atoms with Crippen LogP contribution in [-0.4, -0.2) is 10.9 Å². The minimum atomic E-state index is -0.372. The van der Waals surface area contributed by atoms with Crippen molar-refractivity contribution in [2.75, 3.05) is 0 Å². The summed E-state index contributed by atoms with van der Waals surface area (Å²) in [5.41, 5.74) is 1.10. The first-order valence-electron chi connectivity index (χ1n) is 6.61. The fraction of sp³-hybridized carbons (Fsp3) is 0.188. The van der Waals surface area contributed by atoms with Crippen LogP contribution in [-0.2, 0) is 4.79 Å². The number of carbonyl (C=O) groups is 1. The van der Waals surface area contributed by atoms with E-state index in [0.29, 0.717) is 5.01 Å². The number of rotatable bonds is 5. The van der Waals surface area contributed by atoms with E-state index in [9.17, 15) is 4.79 Å². The van der Waals surface area contributed by atoms with Crippen LogP contribution >= 0.6 is 11.3 Å². The monoisotopic (exact) mass is 297 g/mol. The van der Waals surface area contributed by atoms with Gasteiger partial charge in [0.25, 0.3) is 5.91 Å². The van der Waals surface area contributed by atoms with E-state index in [2.05, 4.69) is 10.3 Å². The molecular weight excluding hydrogens is 282 g/mol. The highest BCUT2D eigenvalue weighted by Crippen LogP contribution is 2.17. The number of carbonyl (C=O) groups excluding carboxylic acids is 1. The van der Waals surface area contributed by atoms with E-state index in [1.54, 1.807) is 11.6 Å². The number of nitriles is 1. The SMILES string of the molecule is CCC(NC(=O)/C(C#N)=C/c1nccs1)c1ccccc1. The molecule has 1 heterocycles. The first-order chi connectivity index (χ1) is 10.2. The lowest BCUT2D eigenvalue weighted by Gasteiger charge is -2.17. The number of nitrogens with zero attached hydrogens (tertiary/aromatic N) is 2. The Morgan fingerprint density at radius 1 is 1.48 bits per heavy atom. The number of amides is 1. The molecule has 1 unspecified atom stereocenters. The van der Waals surface area contributed by atoms with Crippen molar-refractivity contribution in [3.05, 3.63) is 58.1 Å². The Balaban J connectivity index is 2.14. The number of thiazole rings is 1. The first-order valence-corrected chi connectivity index (χ1v) is 7.49. The van der Waals surface area contributed by atoms with Crippen molar-refractivity contribution < 1.29 is 4.79 Å². The van der Waals surface area contributed by atoms with Crippen LogP contribution < -0.4 is 5.32 Å². The molecule has 0 saturated heterocycles. The smallest absolute Gasteiger partial charge is 0.262 e. The number of aromatic nitrogens is 1. The van der Waals surface area contributed by atoms with Crippen molar-refractivity contribution in [1.82, 2.24) is 10.3 Å². The molecule has 0 aliphatic heterocycles. The molecule has 0 aliphatic carbocycles. The second-order valence-corrected chi connectivity index (χ2v) is 5.31. The van der Waals surface area contributed by atoms with Crippen LogP contribution in [0.1, 0.15) is 30.0 Å². The highest BCUT2D eigenvalue weighted by Gasteiger charge is 2.16. The molecular formula is C16H15N3OS. The van der Waals surface area contributed by atoms with Gasteiger partial charge in [0, 0.05) is 11.6 Å². The zero-order valence-corrected chi connectivity index (χ0v) is 12.4. The van der Waals surface area contributed by atoms with Gasteiger partial charge in [-0.2, -0.15) is 5.26 Å². The summed E-state index contributed by atoms with van der Waals surface area (Å²) in [6, 6.07) is 11.6. The Morgan fingerprint density at radius 2 is 2.24 bits per heavy atom. The van der Waals surface area contributed by atoms with Gasteiger partial charge in [-0.05, 0) is 18.1 Å². The third-order valence-electron chi connectivity index (χ3n) is 3.00. The van der Waals surface area contributed by atoms with Crippen LogP contribution in [0.4, 0.5) is 0 Å². The van der Waals surface area contributed by atoms with E-state index in [0.717, 1.165) is 12.0 Å². The molecule has 1 atom stereocenters. The Labute approximate surface area is 127 Å². The molecule has 2 rings (SSSR count). The number of hydrogen-bond donors (Lipinski definition) is 1. The molecule has 106 valence electrons. The van der Waals surface area contributed by atoms with E-state index < -0.39 is 0 Å². The summed E-state index contributed by atoms with van der Waals surface area (Å²) in [4.78, 5) is 16.3. The van der Waals surface area contributed by atoms with Crippen molar-refractivity contribution in [2.45, 2.75) is 19.4 Å². The Kier molecular flexibility index (Phi) is 5.24. The Morgan fingerprint density at radius 3 is 2.81 bits per heavy atom. The minimum absolute atomic E-state index is 0.0688. The molecule has 0 fully saturated rings. The van der Waals surface area contributed by atoms with Gasteiger partial charge in [0.15, 0.2) is 0 Å². The molecule has 2 aromatic rings. The van der Waals surface area contributed by atoms with Crippen molar-refractivity contribution in [3.8, 4) is 6.07 Å². The lowest BCUT2D eigenvalue weighted by Crippen LogP contribution is -2.29. The lowest BCUT2D eigenvalue weighted by molar-refractivity contribution is -0.117. The molecule has 1 aromatic carbocycles. The second kappa shape index (κ2) is 7.36. The van der Waals surface area contributed by atoms with Crippen LogP contribution in [0.15, 0.2) is 47.5 Å². The maximum atomic E-state index is 12.2. The van der Waals surface area contributed by atoms with Gasteiger partial charge in [-0.3, -0.25) is 4.79 Å². The van der Waals surface area contributed by atoms with Gasteiger partial charge in [-0.1, -0.05) is 37.3 Å². The van der Waals surface area contributed by atoms with Crippen LogP contribution in [0.5, 0.6) is 0 Å². The first kappa shape index (κ1) is 14.9. The van der Waals surface area contributed by atoms with Gasteiger partial charge in [-0.25, -0.2) is 4.98 Å². The van der Waals surface area contributed by atoms with Crippen molar-refractivity contribution >= 4 is 23.3 Å². The largest absolute Gasteiger partial charge is 0.345 e. The van der Waals surface area contributed by atoms with Crippen molar-refractivity contribution in [1.29, 1.82) is 5.26 Å². The summed E-state index contributed by atoms with van der Waals surface area (Å²) in [5, 5.41) is 14.5. The van der Waals surface area contributed by atoms with E-state index in [1.165, 1.54) is 17.4 Å². The highest BCUT2D eigenvalue weighted by molar-refractivity contribution is 7.10. The summed E-state index contributed by atoms with van der Waals surface area (Å²) >= 11 is 1.39. The summed E-state index contributed by atoms with van der Waals surface area (Å²) in [5.74, 6) is -0.372. The van der Waals surface area contributed by atoms with Crippen LogP contribution in [0.2, 0.25) is 0 Å². The predicted molar refractivity (Wildman–Crippen MR) is 83.3 cm³/mol. The summed E-state index contributed by atoms with van der Waals surface area (Å²) in [6.45, 7) is 1.99. The standard InChI is InChI=1S/C16H15N3OS/c1-2-14(12-6-4-3-5-7-12)19-16(20)13(11-17)10-15-18-8-9-21-15/h3-10,14H,2H2,1H3,(H,19,20)/b13-10+. The molecule has 0 radical (unpaired) electrons. The molecule has 1 amide bonds. The quantitative estimate of drug-likeness (QED) is 0.680. The minimum Gasteiger partial charge on any atom is -0.345 e. The molecule has 1 N–H and O–H groups in total. The second-order valence-electron chi connectivity index (χ2n) is 4.39. The van der Waals surface area contributed by atoms with Gasteiger partial charge in [-0.15, -0.1) is 11.3 Å². The maximum Gasteiger partial charge on any atom is 0.262 e. The predicted octanol–water partition coefficient (Wildman–Crippen LogP) is 3.32. The fourth-order valence-corrected chi connectivity index (χ4v) is 2.49. The molecule has 0 spiro atoms. The third kappa shape index (κ3) is 4.01. The number of nitrogens with one attached hydrogen (secondary N) is 1. The molecule has 0 saturated carbocycles. The average molecular weight is 297 g/mol. The Bertz CT molecular complexity index is 657. The molecule has 21 heavy (non-hydrogen) atoms. The molecule has 5 heteroatoms. The fourth-order valence-electron chi connectivity index (χ4n) is 1.92. The topological polar surface area (TPSA) is 65.8 Å². The van der Waals surface area contributed by atoms with E-state index >= 15 is 0 Å². The van der Waals surface area contributed by atoms with Gasteiger partial charge in [0.2, 0.25) is 0 Å². The number of hydrogen-bond acceptors (Lipinski definition) is 4. The zero-order chi connectivity index (χ0) is 15.1. The number of benzene rings is 1. The van der Waals surface area contributed by atoms with E-state index in [-0.39, 0.29) is 17.5 Å². The molecule has 1 aromatic heterocycles. The van der Waals surface area contributed by atoms with Crippen molar-refractivity contribution in [2.24, 2.45) is 0 Å². The van der Waals surface area contributed by atoms with Crippen molar-refractivity contribution in [3.63, 3.8) is 0 Å². The van der Waals surface area contributed by atoms with Crippen LogP contribution in [0.25, 0.3) is 6.08 Å². The van der Waals surface area contributed by atoms with Gasteiger partial charge in [0.05, 0.1) is 6.04 Å². The normalized spacial score (nSPS) is 12.5. The third-order valence-corrected chi connectivity index (χ3v) is 3.72. The summed E-state index contributed by atoms with van der Waals surface area (Å²) in [7, 11) is 0. The molecule has 0 aliphatic rings. The lowest BCUT2D eigenvalue weighted by atomic mass is 10.0. The molecule has 0 bridgehead atoms. The summed E-state index contributed by atoms with van der Waals surface area (Å²) < 4.78 is 0. The van der Waals surface area contributed by atoms with Gasteiger partial charge >= 0.3 is 0 Å².